The average Bonchev–Trinajstić information content (AvgIpc) is 2.75. The Morgan fingerprint density at radius 2 is 0.793 bits per heavy atom. The Bertz CT molecular complexity index is 1030. The summed E-state index contributed by atoms with van der Waals surface area (Å²) >= 11 is 1.83. The molecule has 29 heavy (non-hydrogen) atoms. The maximum absolute atomic E-state index is 10.2. The van der Waals surface area contributed by atoms with E-state index in [-0.39, 0.29) is 0 Å². The summed E-state index contributed by atoms with van der Waals surface area (Å²) in [6, 6.07) is 31.3. The number of aromatic hydroxyl groups is 2. The van der Waals surface area contributed by atoms with E-state index in [9.17, 15) is 10.2 Å². The van der Waals surface area contributed by atoms with E-state index >= 15 is 0 Å². The van der Waals surface area contributed by atoms with Crippen LogP contribution >= 0.6 is 11.8 Å². The van der Waals surface area contributed by atoms with Gasteiger partial charge in [0.2, 0.25) is 0 Å². The largest absolute Gasteiger partial charge is 0.507 e. The molecule has 144 valence electrons. The second-order valence-corrected chi connectivity index (χ2v) is 7.83. The van der Waals surface area contributed by atoms with Crippen LogP contribution in [0.15, 0.2) is 97.1 Å². The standard InChI is InChI=1S/C26H22O2S/c27-25-15-7-5-13-23(25)21-11-3-1-9-19(21)17-29-18-20-10-2-4-12-22(20)24-14-6-8-16-26(24)28/h1-16,27-28H,17-18H2. The molecule has 0 unspecified atom stereocenters. The van der Waals surface area contributed by atoms with Gasteiger partial charge in [-0.05, 0) is 34.4 Å². The van der Waals surface area contributed by atoms with Crippen LogP contribution in [0.3, 0.4) is 0 Å². The zero-order valence-corrected chi connectivity index (χ0v) is 16.8. The van der Waals surface area contributed by atoms with Gasteiger partial charge < -0.3 is 10.2 Å². The highest BCUT2D eigenvalue weighted by molar-refractivity contribution is 7.97. The van der Waals surface area contributed by atoms with Crippen molar-refractivity contribution < 1.29 is 10.2 Å². The van der Waals surface area contributed by atoms with Gasteiger partial charge in [0.05, 0.1) is 0 Å². The average molecular weight is 399 g/mol. The first kappa shape index (κ1) is 19.2. The van der Waals surface area contributed by atoms with Crippen LogP contribution in [0.1, 0.15) is 11.1 Å². The van der Waals surface area contributed by atoms with Gasteiger partial charge in [-0.2, -0.15) is 11.8 Å². The molecule has 3 heteroatoms. The summed E-state index contributed by atoms with van der Waals surface area (Å²) in [6.45, 7) is 0. The first-order valence-corrected chi connectivity index (χ1v) is 10.7. The number of thioether (sulfide) groups is 1. The summed E-state index contributed by atoms with van der Waals surface area (Å²) in [5.74, 6) is 2.27. The molecule has 0 aliphatic rings. The van der Waals surface area contributed by atoms with Crippen LogP contribution in [0.25, 0.3) is 22.3 Å². The van der Waals surface area contributed by atoms with E-state index in [0.717, 1.165) is 33.8 Å². The normalized spacial score (nSPS) is 10.8. The quantitative estimate of drug-likeness (QED) is 0.372. The Morgan fingerprint density at radius 1 is 0.448 bits per heavy atom. The predicted molar refractivity (Wildman–Crippen MR) is 122 cm³/mol. The van der Waals surface area contributed by atoms with Gasteiger partial charge in [-0.3, -0.25) is 0 Å². The third-order valence-corrected chi connectivity index (χ3v) is 5.97. The van der Waals surface area contributed by atoms with Gasteiger partial charge in [0.15, 0.2) is 0 Å². The van der Waals surface area contributed by atoms with E-state index in [1.54, 1.807) is 12.1 Å². The lowest BCUT2D eigenvalue weighted by molar-refractivity contribution is 0.477. The van der Waals surface area contributed by atoms with Crippen LogP contribution in [0.2, 0.25) is 0 Å². The Hall–Kier alpha value is -3.17. The first-order chi connectivity index (χ1) is 14.2. The van der Waals surface area contributed by atoms with Gasteiger partial charge in [-0.15, -0.1) is 0 Å². The van der Waals surface area contributed by atoms with E-state index < -0.39 is 0 Å². The zero-order chi connectivity index (χ0) is 20.1. The van der Waals surface area contributed by atoms with Gasteiger partial charge in [-0.1, -0.05) is 84.9 Å². The lowest BCUT2D eigenvalue weighted by atomic mass is 10.00. The highest BCUT2D eigenvalue weighted by Gasteiger charge is 2.11. The maximum atomic E-state index is 10.2. The highest BCUT2D eigenvalue weighted by Crippen LogP contribution is 2.36. The molecule has 4 aromatic carbocycles. The van der Waals surface area contributed by atoms with Gasteiger partial charge in [0.1, 0.15) is 11.5 Å². The van der Waals surface area contributed by atoms with Crippen molar-refractivity contribution in [2.45, 2.75) is 11.5 Å². The number of phenolic OH excluding ortho intramolecular Hbond substituents is 2. The summed E-state index contributed by atoms with van der Waals surface area (Å²) in [7, 11) is 0. The van der Waals surface area contributed by atoms with Crippen molar-refractivity contribution in [1.29, 1.82) is 0 Å². The van der Waals surface area contributed by atoms with Gasteiger partial charge >= 0.3 is 0 Å². The van der Waals surface area contributed by atoms with Crippen LogP contribution < -0.4 is 0 Å². The summed E-state index contributed by atoms with van der Waals surface area (Å²) < 4.78 is 0. The molecule has 2 nitrogen and oxygen atoms in total. The minimum absolute atomic E-state index is 0.301. The van der Waals surface area contributed by atoms with E-state index in [0.29, 0.717) is 11.5 Å². The number of rotatable bonds is 6. The van der Waals surface area contributed by atoms with Crippen molar-refractivity contribution in [1.82, 2.24) is 0 Å². The lowest BCUT2D eigenvalue weighted by Crippen LogP contribution is -1.91. The SMILES string of the molecule is Oc1ccccc1-c1ccccc1CSCc1ccccc1-c1ccccc1O. The molecule has 0 saturated heterocycles. The molecule has 0 aliphatic heterocycles. The fourth-order valence-corrected chi connectivity index (χ4v) is 4.54. The number of phenols is 2. The van der Waals surface area contributed by atoms with Crippen molar-refractivity contribution in [3.8, 4) is 33.8 Å². The van der Waals surface area contributed by atoms with Crippen molar-refractivity contribution >= 4 is 11.8 Å². The molecule has 0 atom stereocenters. The Labute approximate surface area is 175 Å². The van der Waals surface area contributed by atoms with E-state index in [1.807, 2.05) is 72.4 Å². The molecular weight excluding hydrogens is 376 g/mol. The first-order valence-electron chi connectivity index (χ1n) is 9.54. The zero-order valence-electron chi connectivity index (χ0n) is 16.0. The van der Waals surface area contributed by atoms with Crippen LogP contribution in [0.4, 0.5) is 0 Å². The van der Waals surface area contributed by atoms with Crippen LogP contribution in [-0.4, -0.2) is 10.2 Å². The second-order valence-electron chi connectivity index (χ2n) is 6.84. The van der Waals surface area contributed by atoms with Crippen molar-refractivity contribution in [2.24, 2.45) is 0 Å². The third kappa shape index (κ3) is 4.30. The Kier molecular flexibility index (Phi) is 5.87. The third-order valence-electron chi connectivity index (χ3n) is 4.94. The molecule has 0 bridgehead atoms. The molecule has 0 aromatic heterocycles. The molecule has 0 aliphatic carbocycles. The monoisotopic (exact) mass is 398 g/mol. The number of hydrogen-bond acceptors (Lipinski definition) is 3. The Morgan fingerprint density at radius 3 is 1.21 bits per heavy atom. The summed E-state index contributed by atoms with van der Waals surface area (Å²) in [5.41, 5.74) is 6.23. The molecule has 0 saturated carbocycles. The maximum Gasteiger partial charge on any atom is 0.123 e. The summed E-state index contributed by atoms with van der Waals surface area (Å²) in [4.78, 5) is 0. The summed E-state index contributed by atoms with van der Waals surface area (Å²) in [5, 5.41) is 20.5. The minimum Gasteiger partial charge on any atom is -0.507 e. The molecule has 4 rings (SSSR count). The van der Waals surface area contributed by atoms with Gasteiger partial charge in [-0.25, -0.2) is 0 Å². The van der Waals surface area contributed by atoms with Gasteiger partial charge in [0, 0.05) is 22.6 Å². The fourth-order valence-electron chi connectivity index (χ4n) is 3.49. The van der Waals surface area contributed by atoms with Crippen LogP contribution in [-0.2, 0) is 11.5 Å². The van der Waals surface area contributed by atoms with E-state index in [4.69, 9.17) is 0 Å². The van der Waals surface area contributed by atoms with Crippen molar-refractivity contribution in [3.63, 3.8) is 0 Å². The molecule has 0 spiro atoms. The smallest absolute Gasteiger partial charge is 0.123 e. The van der Waals surface area contributed by atoms with E-state index in [1.165, 1.54) is 11.1 Å². The molecule has 0 heterocycles. The number of hydrogen-bond donors (Lipinski definition) is 2. The molecule has 4 aromatic rings. The van der Waals surface area contributed by atoms with Crippen LogP contribution in [0.5, 0.6) is 11.5 Å². The number of para-hydroxylation sites is 2. The Balaban J connectivity index is 1.55. The van der Waals surface area contributed by atoms with Crippen molar-refractivity contribution in [3.05, 3.63) is 108 Å². The fraction of sp³-hybridized carbons (Fsp3) is 0.0769. The summed E-state index contributed by atoms with van der Waals surface area (Å²) in [6.07, 6.45) is 0. The van der Waals surface area contributed by atoms with E-state index in [2.05, 4.69) is 24.3 Å². The minimum atomic E-state index is 0.301. The molecule has 0 fully saturated rings. The molecular formula is C26H22O2S. The predicted octanol–water partition coefficient (Wildman–Crippen LogP) is 6.87. The molecule has 0 radical (unpaired) electrons. The molecule has 2 N–H and O–H groups in total. The topological polar surface area (TPSA) is 40.5 Å². The molecule has 0 amide bonds. The number of benzene rings is 4. The van der Waals surface area contributed by atoms with Crippen LogP contribution in [0, 0.1) is 0 Å². The van der Waals surface area contributed by atoms with Gasteiger partial charge in [0.25, 0.3) is 0 Å². The van der Waals surface area contributed by atoms with Crippen molar-refractivity contribution in [2.75, 3.05) is 0 Å². The lowest BCUT2D eigenvalue weighted by Gasteiger charge is -2.13. The highest BCUT2D eigenvalue weighted by atomic mass is 32.2. The second kappa shape index (κ2) is 8.89.